The van der Waals surface area contributed by atoms with Crippen LogP contribution in [-0.4, -0.2) is 47.4 Å². The van der Waals surface area contributed by atoms with Crippen molar-refractivity contribution in [1.82, 2.24) is 5.32 Å². The van der Waals surface area contributed by atoms with Crippen molar-refractivity contribution in [3.63, 3.8) is 0 Å². The first-order chi connectivity index (χ1) is 31.0. The smallest absolute Gasteiger partial charge is 0.305 e. The number of hydrogen-bond acceptors (Lipinski definition) is 5. The molecule has 368 valence electrons. The SMILES string of the molecule is CCCCC/C=C\C/C=C\CCCCCCCCCC(=O)OCCCCC/C=C\C=C/CCCCCCCCC(=O)NC(CO)C(O)CCCCCCCCCCCCCCCC. The van der Waals surface area contributed by atoms with Gasteiger partial charge in [0.25, 0.3) is 0 Å². The third-order valence-electron chi connectivity index (χ3n) is 12.4. The molecule has 0 aromatic carbocycles. The molecule has 0 heterocycles. The number of esters is 1. The Bertz CT molecular complexity index is 1070. The van der Waals surface area contributed by atoms with Crippen LogP contribution in [0.5, 0.6) is 0 Å². The lowest BCUT2D eigenvalue weighted by molar-refractivity contribution is -0.143. The maximum atomic E-state index is 12.4. The normalized spacial score (nSPS) is 13.0. The average Bonchev–Trinajstić information content (AvgIpc) is 3.28. The van der Waals surface area contributed by atoms with Gasteiger partial charge in [-0.05, 0) is 89.9 Å². The molecule has 63 heavy (non-hydrogen) atoms. The number of rotatable bonds is 50. The molecule has 0 aromatic heterocycles. The topological polar surface area (TPSA) is 95.9 Å². The Morgan fingerprint density at radius 3 is 1.33 bits per heavy atom. The van der Waals surface area contributed by atoms with Gasteiger partial charge in [0.15, 0.2) is 0 Å². The van der Waals surface area contributed by atoms with E-state index in [2.05, 4.69) is 67.8 Å². The Labute approximate surface area is 391 Å². The summed E-state index contributed by atoms with van der Waals surface area (Å²) in [7, 11) is 0. The summed E-state index contributed by atoms with van der Waals surface area (Å²) < 4.78 is 5.45. The van der Waals surface area contributed by atoms with Crippen LogP contribution < -0.4 is 5.32 Å². The van der Waals surface area contributed by atoms with Gasteiger partial charge in [-0.1, -0.05) is 223 Å². The van der Waals surface area contributed by atoms with Crippen molar-refractivity contribution >= 4 is 11.9 Å². The van der Waals surface area contributed by atoms with Gasteiger partial charge in [0, 0.05) is 12.8 Å². The second-order valence-electron chi connectivity index (χ2n) is 18.6. The average molecular weight is 884 g/mol. The zero-order valence-electron chi connectivity index (χ0n) is 41.8. The maximum absolute atomic E-state index is 12.4. The van der Waals surface area contributed by atoms with Crippen LogP contribution in [0.15, 0.2) is 48.6 Å². The first-order valence-electron chi connectivity index (χ1n) is 27.4. The molecule has 0 fully saturated rings. The van der Waals surface area contributed by atoms with E-state index in [4.69, 9.17) is 4.74 Å². The van der Waals surface area contributed by atoms with Crippen molar-refractivity contribution in [2.45, 2.75) is 289 Å². The van der Waals surface area contributed by atoms with E-state index in [1.807, 2.05) is 0 Å². The fourth-order valence-corrected chi connectivity index (χ4v) is 8.13. The van der Waals surface area contributed by atoms with Crippen molar-refractivity contribution in [1.29, 1.82) is 0 Å². The summed E-state index contributed by atoms with van der Waals surface area (Å²) in [6.07, 6.45) is 65.1. The summed E-state index contributed by atoms with van der Waals surface area (Å²) in [6, 6.07) is -0.559. The highest BCUT2D eigenvalue weighted by Crippen LogP contribution is 2.16. The molecule has 0 aromatic rings. The number of ether oxygens (including phenoxy) is 1. The summed E-state index contributed by atoms with van der Waals surface area (Å²) in [5.74, 6) is -0.0885. The molecule has 0 saturated carbocycles. The van der Waals surface area contributed by atoms with Crippen LogP contribution in [0.4, 0.5) is 0 Å². The molecule has 6 nitrogen and oxygen atoms in total. The molecule has 2 atom stereocenters. The zero-order chi connectivity index (χ0) is 45.8. The summed E-state index contributed by atoms with van der Waals surface area (Å²) in [5.41, 5.74) is 0. The molecule has 0 rings (SSSR count). The Morgan fingerprint density at radius 2 is 0.841 bits per heavy atom. The molecule has 2 unspecified atom stereocenters. The van der Waals surface area contributed by atoms with E-state index in [0.29, 0.717) is 25.9 Å². The quantitative estimate of drug-likeness (QED) is 0.0245. The highest BCUT2D eigenvalue weighted by atomic mass is 16.5. The predicted octanol–water partition coefficient (Wildman–Crippen LogP) is 16.6. The zero-order valence-corrected chi connectivity index (χ0v) is 41.8. The fourth-order valence-electron chi connectivity index (χ4n) is 8.13. The highest BCUT2D eigenvalue weighted by molar-refractivity contribution is 5.76. The van der Waals surface area contributed by atoms with Crippen LogP contribution in [-0.2, 0) is 14.3 Å². The molecule has 6 heteroatoms. The van der Waals surface area contributed by atoms with E-state index in [9.17, 15) is 19.8 Å². The summed E-state index contributed by atoms with van der Waals surface area (Å²) in [6.45, 7) is 4.86. The lowest BCUT2D eigenvalue weighted by Crippen LogP contribution is -2.45. The molecule has 0 aliphatic rings. The van der Waals surface area contributed by atoms with E-state index >= 15 is 0 Å². The number of amides is 1. The third-order valence-corrected chi connectivity index (χ3v) is 12.4. The van der Waals surface area contributed by atoms with E-state index in [1.165, 1.54) is 161 Å². The van der Waals surface area contributed by atoms with E-state index < -0.39 is 12.1 Å². The number of carbonyl (C=O) groups is 2. The van der Waals surface area contributed by atoms with Gasteiger partial charge in [-0.15, -0.1) is 0 Å². The van der Waals surface area contributed by atoms with Crippen molar-refractivity contribution in [2.24, 2.45) is 0 Å². The minimum Gasteiger partial charge on any atom is -0.466 e. The molecular weight excluding hydrogens is 779 g/mol. The lowest BCUT2D eigenvalue weighted by atomic mass is 10.0. The molecule has 0 bridgehead atoms. The number of aliphatic hydroxyl groups excluding tert-OH is 2. The van der Waals surface area contributed by atoms with Gasteiger partial charge >= 0.3 is 5.97 Å². The monoisotopic (exact) mass is 884 g/mol. The van der Waals surface area contributed by atoms with Gasteiger partial charge in [-0.2, -0.15) is 0 Å². The van der Waals surface area contributed by atoms with Gasteiger partial charge < -0.3 is 20.3 Å². The predicted molar refractivity (Wildman–Crippen MR) is 273 cm³/mol. The van der Waals surface area contributed by atoms with Gasteiger partial charge in [0.05, 0.1) is 25.4 Å². The minimum atomic E-state index is -0.679. The largest absolute Gasteiger partial charge is 0.466 e. The molecule has 0 radical (unpaired) electrons. The second-order valence-corrected chi connectivity index (χ2v) is 18.6. The molecule has 0 aliphatic heterocycles. The lowest BCUT2D eigenvalue weighted by Gasteiger charge is -2.22. The van der Waals surface area contributed by atoms with Crippen LogP contribution in [0, 0.1) is 0 Å². The summed E-state index contributed by atoms with van der Waals surface area (Å²) in [5, 5.41) is 23.2. The maximum Gasteiger partial charge on any atom is 0.305 e. The number of aliphatic hydroxyl groups is 2. The Balaban J connectivity index is 3.53. The number of carbonyl (C=O) groups excluding carboxylic acids is 2. The Kier molecular flexibility index (Phi) is 50.6. The van der Waals surface area contributed by atoms with Crippen LogP contribution in [0.1, 0.15) is 277 Å². The van der Waals surface area contributed by atoms with Crippen LogP contribution >= 0.6 is 0 Å². The van der Waals surface area contributed by atoms with E-state index in [-0.39, 0.29) is 18.5 Å². The summed E-state index contributed by atoms with van der Waals surface area (Å²) >= 11 is 0. The third kappa shape index (κ3) is 49.1. The summed E-state index contributed by atoms with van der Waals surface area (Å²) in [4.78, 5) is 24.5. The fraction of sp³-hybridized carbons (Fsp3) is 0.825. The van der Waals surface area contributed by atoms with Crippen molar-refractivity contribution in [3.05, 3.63) is 48.6 Å². The Hall–Kier alpha value is -2.18. The highest BCUT2D eigenvalue weighted by Gasteiger charge is 2.20. The molecule has 0 saturated heterocycles. The molecule has 3 N–H and O–H groups in total. The molecule has 0 spiro atoms. The molecule has 1 amide bonds. The molecular formula is C57H105NO5. The van der Waals surface area contributed by atoms with Gasteiger partial charge in [-0.25, -0.2) is 0 Å². The van der Waals surface area contributed by atoms with Crippen molar-refractivity contribution in [2.75, 3.05) is 13.2 Å². The van der Waals surface area contributed by atoms with Gasteiger partial charge in [-0.3, -0.25) is 9.59 Å². The van der Waals surface area contributed by atoms with E-state index in [0.717, 1.165) is 83.5 Å². The first kappa shape index (κ1) is 60.8. The van der Waals surface area contributed by atoms with Crippen molar-refractivity contribution in [3.8, 4) is 0 Å². The number of hydrogen-bond donors (Lipinski definition) is 3. The Morgan fingerprint density at radius 1 is 0.460 bits per heavy atom. The van der Waals surface area contributed by atoms with Crippen LogP contribution in [0.2, 0.25) is 0 Å². The minimum absolute atomic E-state index is 0.0300. The molecule has 0 aliphatic carbocycles. The van der Waals surface area contributed by atoms with Crippen molar-refractivity contribution < 1.29 is 24.5 Å². The number of unbranched alkanes of at least 4 members (excludes halogenated alkanes) is 32. The number of nitrogens with one attached hydrogen (secondary N) is 1. The standard InChI is InChI=1S/C57H105NO5/c1-3-5-7-9-11-13-15-17-19-20-23-27-31-35-39-43-47-51-57(62)63-52-48-44-40-36-32-28-24-21-22-26-30-34-38-42-46-50-56(61)58-54(53-59)55(60)49-45-41-37-33-29-25-18-16-14-12-10-8-6-4-2/h11,13,17,19,21,24,28,32,54-55,59-60H,3-10,12,14-16,18,20,22-23,25-27,29-31,33-53H2,1-2H3,(H,58,61)/b13-11-,19-17-,24-21-,32-28-. The number of allylic oxidation sites excluding steroid dienone is 8. The van der Waals surface area contributed by atoms with Gasteiger partial charge in [0.2, 0.25) is 5.91 Å². The van der Waals surface area contributed by atoms with Gasteiger partial charge in [0.1, 0.15) is 0 Å². The van der Waals surface area contributed by atoms with Crippen LogP contribution in [0.3, 0.4) is 0 Å². The van der Waals surface area contributed by atoms with Crippen LogP contribution in [0.25, 0.3) is 0 Å². The second kappa shape index (κ2) is 52.4. The first-order valence-corrected chi connectivity index (χ1v) is 27.4. The van der Waals surface area contributed by atoms with E-state index in [1.54, 1.807) is 0 Å².